The molecule has 0 spiro atoms. The fourth-order valence-corrected chi connectivity index (χ4v) is 3.14. The number of rotatable bonds is 4. The topological polar surface area (TPSA) is 79.0 Å². The first-order valence-electron chi connectivity index (χ1n) is 8.44. The van der Waals surface area contributed by atoms with Gasteiger partial charge in [0.1, 0.15) is 5.75 Å². The van der Waals surface area contributed by atoms with Gasteiger partial charge in [0.15, 0.2) is 5.65 Å². The minimum atomic E-state index is -0.518. The maximum atomic E-state index is 13.2. The van der Waals surface area contributed by atoms with Crippen LogP contribution in [0.15, 0.2) is 70.5 Å². The Morgan fingerprint density at radius 1 is 1.07 bits per heavy atom. The lowest BCUT2D eigenvalue weighted by Crippen LogP contribution is -2.40. The van der Waals surface area contributed by atoms with Gasteiger partial charge in [0.25, 0.3) is 5.56 Å². The lowest BCUT2D eigenvalue weighted by Gasteiger charge is -2.13. The van der Waals surface area contributed by atoms with E-state index >= 15 is 0 Å². The molecule has 0 saturated carbocycles. The van der Waals surface area contributed by atoms with E-state index in [0.29, 0.717) is 27.5 Å². The molecule has 0 fully saturated rings. The molecule has 0 aliphatic heterocycles. The third-order valence-corrected chi connectivity index (χ3v) is 4.55. The molecule has 0 radical (unpaired) electrons. The van der Waals surface area contributed by atoms with Gasteiger partial charge in [-0.05, 0) is 42.5 Å². The second-order valence-corrected chi connectivity index (χ2v) is 6.49. The third kappa shape index (κ3) is 3.16. The lowest BCUT2D eigenvalue weighted by molar-refractivity contribution is 0.412. The van der Waals surface area contributed by atoms with Crippen molar-refractivity contribution in [3.05, 3.63) is 92.5 Å². The lowest BCUT2D eigenvalue weighted by atomic mass is 10.2. The number of methoxy groups -OCH3 is 1. The van der Waals surface area contributed by atoms with Gasteiger partial charge in [0, 0.05) is 11.2 Å². The van der Waals surface area contributed by atoms with Crippen molar-refractivity contribution in [1.29, 1.82) is 0 Å². The molecule has 4 rings (SSSR count). The van der Waals surface area contributed by atoms with Crippen LogP contribution in [-0.4, -0.2) is 26.2 Å². The highest BCUT2D eigenvalue weighted by Crippen LogP contribution is 2.16. The molecule has 1 aromatic carbocycles. The number of hydrogen-bond donors (Lipinski definition) is 0. The zero-order valence-electron chi connectivity index (χ0n) is 14.9. The van der Waals surface area contributed by atoms with E-state index in [-0.39, 0.29) is 12.2 Å². The van der Waals surface area contributed by atoms with Crippen LogP contribution in [0.25, 0.3) is 16.7 Å². The van der Waals surface area contributed by atoms with Crippen LogP contribution in [0.1, 0.15) is 5.69 Å². The summed E-state index contributed by atoms with van der Waals surface area (Å²) in [6, 6.07) is 13.6. The van der Waals surface area contributed by atoms with Gasteiger partial charge in [-0.2, -0.15) is 0 Å². The minimum Gasteiger partial charge on any atom is -0.495 e. The van der Waals surface area contributed by atoms with E-state index in [1.807, 2.05) is 0 Å². The molecule has 0 N–H and O–H groups in total. The number of fused-ring (bicyclic) bond motifs is 1. The Labute approximate surface area is 164 Å². The molecule has 0 bridgehead atoms. The second-order valence-electron chi connectivity index (χ2n) is 6.05. The monoisotopic (exact) mass is 394 g/mol. The normalized spacial score (nSPS) is 10.9. The van der Waals surface area contributed by atoms with Gasteiger partial charge in [0.2, 0.25) is 0 Å². The largest absolute Gasteiger partial charge is 0.495 e. The number of halogens is 1. The molecule has 0 aliphatic rings. The van der Waals surface area contributed by atoms with Gasteiger partial charge in [-0.3, -0.25) is 14.3 Å². The van der Waals surface area contributed by atoms with Crippen molar-refractivity contribution in [2.45, 2.75) is 6.54 Å². The average molecular weight is 395 g/mol. The second kappa shape index (κ2) is 7.28. The van der Waals surface area contributed by atoms with E-state index in [1.54, 1.807) is 61.8 Å². The van der Waals surface area contributed by atoms with Gasteiger partial charge in [-0.1, -0.05) is 17.7 Å². The average Bonchev–Trinajstić information content (AvgIpc) is 2.72. The van der Waals surface area contributed by atoms with E-state index in [0.717, 1.165) is 4.57 Å². The summed E-state index contributed by atoms with van der Waals surface area (Å²) in [6.45, 7) is 0.0209. The number of benzene rings is 1. The Bertz CT molecular complexity index is 1280. The Morgan fingerprint density at radius 3 is 2.64 bits per heavy atom. The van der Waals surface area contributed by atoms with Crippen molar-refractivity contribution >= 4 is 22.6 Å². The maximum Gasteiger partial charge on any atom is 0.337 e. The zero-order valence-corrected chi connectivity index (χ0v) is 15.6. The van der Waals surface area contributed by atoms with Crippen molar-refractivity contribution in [3.8, 4) is 11.4 Å². The third-order valence-electron chi connectivity index (χ3n) is 4.32. The Hall–Kier alpha value is -3.45. The molecule has 0 aliphatic carbocycles. The van der Waals surface area contributed by atoms with Gasteiger partial charge in [-0.15, -0.1) is 0 Å². The molecule has 140 valence electrons. The van der Waals surface area contributed by atoms with Crippen molar-refractivity contribution in [3.63, 3.8) is 0 Å². The van der Waals surface area contributed by atoms with Crippen LogP contribution in [0.3, 0.4) is 0 Å². The van der Waals surface area contributed by atoms with Gasteiger partial charge < -0.3 is 4.74 Å². The summed E-state index contributed by atoms with van der Waals surface area (Å²) in [5.74, 6) is 0.593. The van der Waals surface area contributed by atoms with Crippen LogP contribution in [0.4, 0.5) is 0 Å². The number of aromatic nitrogens is 4. The number of pyridine rings is 2. The molecule has 7 nitrogen and oxygen atoms in total. The molecule has 8 heteroatoms. The highest BCUT2D eigenvalue weighted by atomic mass is 35.5. The standard InChI is InChI=1S/C20H15ClN4O3/c1-28-16-8-7-14(23-11-16)12-24-19(26)17-6-3-9-22-18(17)25(20(24)27)15-5-2-4-13(21)10-15/h2-11H,12H2,1H3. The van der Waals surface area contributed by atoms with Crippen LogP contribution in [0.5, 0.6) is 5.75 Å². The van der Waals surface area contributed by atoms with Crippen molar-refractivity contribution < 1.29 is 4.74 Å². The SMILES string of the molecule is COc1ccc(Cn2c(=O)c3cccnc3n(-c3cccc(Cl)c3)c2=O)nc1. The summed E-state index contributed by atoms with van der Waals surface area (Å²) in [4.78, 5) is 34.7. The summed E-state index contributed by atoms with van der Waals surface area (Å²) < 4.78 is 7.61. The van der Waals surface area contributed by atoms with Crippen molar-refractivity contribution in [2.24, 2.45) is 0 Å². The first-order valence-corrected chi connectivity index (χ1v) is 8.82. The molecule has 4 aromatic rings. The van der Waals surface area contributed by atoms with Crippen molar-refractivity contribution in [2.75, 3.05) is 7.11 Å². The molecule has 0 atom stereocenters. The molecule has 0 unspecified atom stereocenters. The fourth-order valence-electron chi connectivity index (χ4n) is 2.96. The Balaban J connectivity index is 1.96. The number of ether oxygens (including phenoxy) is 1. The minimum absolute atomic E-state index is 0.0209. The fraction of sp³-hybridized carbons (Fsp3) is 0.100. The number of hydrogen-bond acceptors (Lipinski definition) is 5. The highest BCUT2D eigenvalue weighted by Gasteiger charge is 2.16. The smallest absolute Gasteiger partial charge is 0.337 e. The van der Waals surface area contributed by atoms with Crippen LogP contribution in [-0.2, 0) is 6.54 Å². The summed E-state index contributed by atoms with van der Waals surface area (Å²) in [5.41, 5.74) is 0.414. The zero-order chi connectivity index (χ0) is 19.7. The molecule has 0 amide bonds. The molecule has 28 heavy (non-hydrogen) atoms. The van der Waals surface area contributed by atoms with E-state index in [4.69, 9.17) is 16.3 Å². The number of nitrogens with zero attached hydrogens (tertiary/aromatic N) is 4. The van der Waals surface area contributed by atoms with E-state index in [2.05, 4.69) is 9.97 Å². The van der Waals surface area contributed by atoms with Gasteiger partial charge in [0.05, 0.1) is 36.6 Å². The predicted octanol–water partition coefficient (Wildman–Crippen LogP) is 2.65. The van der Waals surface area contributed by atoms with Crippen LogP contribution < -0.4 is 16.0 Å². The summed E-state index contributed by atoms with van der Waals surface area (Å²) in [5, 5.41) is 0.804. The van der Waals surface area contributed by atoms with E-state index in [9.17, 15) is 9.59 Å². The highest BCUT2D eigenvalue weighted by molar-refractivity contribution is 6.30. The van der Waals surface area contributed by atoms with Crippen LogP contribution in [0, 0.1) is 0 Å². The van der Waals surface area contributed by atoms with Crippen molar-refractivity contribution in [1.82, 2.24) is 19.1 Å². The van der Waals surface area contributed by atoms with E-state index in [1.165, 1.54) is 10.8 Å². The van der Waals surface area contributed by atoms with Crippen LogP contribution >= 0.6 is 11.6 Å². The molecule has 3 heterocycles. The Kier molecular flexibility index (Phi) is 4.67. The van der Waals surface area contributed by atoms with Gasteiger partial charge >= 0.3 is 5.69 Å². The molecule has 0 saturated heterocycles. The summed E-state index contributed by atoms with van der Waals surface area (Å²) >= 11 is 6.10. The summed E-state index contributed by atoms with van der Waals surface area (Å²) in [7, 11) is 1.54. The molecular weight excluding hydrogens is 380 g/mol. The first kappa shape index (κ1) is 17.9. The summed E-state index contributed by atoms with van der Waals surface area (Å²) in [6.07, 6.45) is 3.08. The van der Waals surface area contributed by atoms with Crippen LogP contribution in [0.2, 0.25) is 5.02 Å². The van der Waals surface area contributed by atoms with E-state index < -0.39 is 11.2 Å². The van der Waals surface area contributed by atoms with Gasteiger partial charge in [-0.25, -0.2) is 14.3 Å². The predicted molar refractivity (Wildman–Crippen MR) is 107 cm³/mol. The Morgan fingerprint density at radius 2 is 1.93 bits per heavy atom. The molecule has 3 aromatic heterocycles. The maximum absolute atomic E-state index is 13.2. The first-order chi connectivity index (χ1) is 13.6. The molecular formula is C20H15ClN4O3. The quantitative estimate of drug-likeness (QED) is 0.531.